The minimum absolute atomic E-state index is 0.00725. The van der Waals surface area contributed by atoms with E-state index in [1.807, 2.05) is 4.90 Å². The van der Waals surface area contributed by atoms with Gasteiger partial charge in [-0.2, -0.15) is 0 Å². The molecule has 1 saturated carbocycles. The van der Waals surface area contributed by atoms with Crippen molar-refractivity contribution in [3.05, 3.63) is 54.0 Å². The molecule has 2 fully saturated rings. The summed E-state index contributed by atoms with van der Waals surface area (Å²) >= 11 is 0. The van der Waals surface area contributed by atoms with E-state index in [2.05, 4.69) is 29.2 Å². The third kappa shape index (κ3) is 3.58. The Hall–Kier alpha value is -2.23. The third-order valence-corrected chi connectivity index (χ3v) is 5.54. The number of nitrogens with zero attached hydrogens (tertiary/aromatic N) is 2. The molecule has 1 amide bonds. The van der Waals surface area contributed by atoms with Crippen LogP contribution in [0.3, 0.4) is 0 Å². The molecule has 0 unspecified atom stereocenters. The van der Waals surface area contributed by atoms with E-state index in [0.29, 0.717) is 11.7 Å². The highest BCUT2D eigenvalue weighted by molar-refractivity contribution is 5.91. The lowest BCUT2D eigenvalue weighted by Crippen LogP contribution is -2.48. The van der Waals surface area contributed by atoms with Gasteiger partial charge in [-0.05, 0) is 54.7 Å². The first kappa shape index (κ1) is 16.2. The van der Waals surface area contributed by atoms with Gasteiger partial charge < -0.3 is 14.2 Å². The molecule has 131 valence electrons. The first-order valence-electron chi connectivity index (χ1n) is 9.40. The molecule has 1 aromatic carbocycles. The molecule has 1 aliphatic carbocycles. The van der Waals surface area contributed by atoms with E-state index in [-0.39, 0.29) is 5.91 Å². The van der Waals surface area contributed by atoms with Crippen LogP contribution in [0.4, 0.5) is 5.69 Å². The molecule has 1 aliphatic heterocycles. The maximum absolute atomic E-state index is 12.4. The number of carbonyl (C=O) groups excluding carboxylic acids is 1. The van der Waals surface area contributed by atoms with Gasteiger partial charge in [0.1, 0.15) is 0 Å². The van der Waals surface area contributed by atoms with Crippen LogP contribution >= 0.6 is 0 Å². The van der Waals surface area contributed by atoms with Gasteiger partial charge in [-0.25, -0.2) is 0 Å². The summed E-state index contributed by atoms with van der Waals surface area (Å²) in [5.74, 6) is 1.13. The van der Waals surface area contributed by atoms with Crippen molar-refractivity contribution in [3.8, 4) is 0 Å². The number of hydrogen-bond acceptors (Lipinski definition) is 3. The number of amides is 1. The zero-order valence-electron chi connectivity index (χ0n) is 14.6. The second kappa shape index (κ2) is 7.34. The fourth-order valence-corrected chi connectivity index (χ4v) is 4.06. The molecule has 0 atom stereocenters. The Bertz CT molecular complexity index is 696. The second-order valence-electron chi connectivity index (χ2n) is 7.12. The van der Waals surface area contributed by atoms with Crippen LogP contribution in [0, 0.1) is 6.07 Å². The molecule has 0 bridgehead atoms. The first-order valence-corrected chi connectivity index (χ1v) is 9.40. The summed E-state index contributed by atoms with van der Waals surface area (Å²) in [4.78, 5) is 16.6. The number of hydrogen-bond donors (Lipinski definition) is 0. The summed E-state index contributed by atoms with van der Waals surface area (Å²) in [6, 6.07) is 13.4. The van der Waals surface area contributed by atoms with Crippen molar-refractivity contribution < 1.29 is 9.21 Å². The maximum atomic E-state index is 12.4. The summed E-state index contributed by atoms with van der Waals surface area (Å²) in [7, 11) is 0. The van der Waals surface area contributed by atoms with E-state index in [9.17, 15) is 4.79 Å². The molecule has 4 heteroatoms. The van der Waals surface area contributed by atoms with Crippen LogP contribution < -0.4 is 4.90 Å². The fraction of sp³-hybridized carbons (Fsp3) is 0.476. The largest absolute Gasteiger partial charge is 0.459 e. The molecule has 0 spiro atoms. The molecule has 2 aromatic rings. The normalized spacial score (nSPS) is 19.2. The Morgan fingerprint density at radius 2 is 1.88 bits per heavy atom. The van der Waals surface area contributed by atoms with Gasteiger partial charge in [0.25, 0.3) is 5.91 Å². The van der Waals surface area contributed by atoms with Gasteiger partial charge in [-0.1, -0.05) is 25.3 Å². The Morgan fingerprint density at radius 1 is 1.08 bits per heavy atom. The topological polar surface area (TPSA) is 36.7 Å². The van der Waals surface area contributed by atoms with Crippen molar-refractivity contribution in [2.45, 2.75) is 38.0 Å². The van der Waals surface area contributed by atoms with Crippen molar-refractivity contribution in [3.63, 3.8) is 0 Å². The monoisotopic (exact) mass is 337 g/mol. The summed E-state index contributed by atoms with van der Waals surface area (Å²) in [5.41, 5.74) is 2.68. The number of carbonyl (C=O) groups is 1. The van der Waals surface area contributed by atoms with Crippen LogP contribution in [0.1, 0.15) is 54.1 Å². The van der Waals surface area contributed by atoms with E-state index in [4.69, 9.17) is 4.42 Å². The molecule has 2 aliphatic rings. The number of rotatable bonds is 3. The van der Waals surface area contributed by atoms with Gasteiger partial charge >= 0.3 is 0 Å². The molecule has 1 aromatic heterocycles. The lowest BCUT2D eigenvalue weighted by atomic mass is 9.84. The first-order chi connectivity index (χ1) is 12.3. The Kier molecular flexibility index (Phi) is 4.77. The van der Waals surface area contributed by atoms with Crippen molar-refractivity contribution >= 4 is 11.6 Å². The van der Waals surface area contributed by atoms with E-state index < -0.39 is 0 Å². The Balaban J connectivity index is 1.40. The van der Waals surface area contributed by atoms with E-state index in [1.54, 1.807) is 18.4 Å². The van der Waals surface area contributed by atoms with Gasteiger partial charge in [-0.15, -0.1) is 0 Å². The predicted molar refractivity (Wildman–Crippen MR) is 97.9 cm³/mol. The number of furan rings is 1. The molecule has 4 nitrogen and oxygen atoms in total. The van der Waals surface area contributed by atoms with Gasteiger partial charge in [-0.3, -0.25) is 4.79 Å². The van der Waals surface area contributed by atoms with Gasteiger partial charge in [0.05, 0.1) is 6.26 Å². The highest BCUT2D eigenvalue weighted by Gasteiger charge is 2.24. The van der Waals surface area contributed by atoms with Crippen LogP contribution in [-0.2, 0) is 0 Å². The second-order valence-corrected chi connectivity index (χ2v) is 7.12. The SMILES string of the molecule is O=C(c1ccco1)N1CCN(c2c[c]cc(C3CCCCC3)c2)CC1. The predicted octanol–water partition coefficient (Wildman–Crippen LogP) is 4.09. The summed E-state index contributed by atoms with van der Waals surface area (Å²) in [5, 5.41) is 0. The van der Waals surface area contributed by atoms with Crippen LogP contribution in [0.25, 0.3) is 0 Å². The molecule has 1 radical (unpaired) electrons. The summed E-state index contributed by atoms with van der Waals surface area (Å²) in [6.45, 7) is 3.17. The van der Waals surface area contributed by atoms with Crippen molar-refractivity contribution in [2.75, 3.05) is 31.1 Å². The quantitative estimate of drug-likeness (QED) is 0.846. The molecule has 2 heterocycles. The van der Waals surface area contributed by atoms with E-state index in [1.165, 1.54) is 43.4 Å². The van der Waals surface area contributed by atoms with Gasteiger partial charge in [0.2, 0.25) is 0 Å². The summed E-state index contributed by atoms with van der Waals surface area (Å²) < 4.78 is 5.23. The number of anilines is 1. The number of piperazine rings is 1. The lowest BCUT2D eigenvalue weighted by Gasteiger charge is -2.36. The average Bonchev–Trinajstić information content (AvgIpc) is 3.23. The molecule has 25 heavy (non-hydrogen) atoms. The van der Waals surface area contributed by atoms with Crippen LogP contribution in [0.5, 0.6) is 0 Å². The maximum Gasteiger partial charge on any atom is 0.289 e. The van der Waals surface area contributed by atoms with Crippen molar-refractivity contribution in [2.24, 2.45) is 0 Å². The number of benzene rings is 1. The molecule has 0 N–H and O–H groups in total. The Morgan fingerprint density at radius 3 is 2.60 bits per heavy atom. The molecular formula is C21H25N2O2. The molecule has 1 saturated heterocycles. The smallest absolute Gasteiger partial charge is 0.289 e. The molecule has 4 rings (SSSR count). The standard InChI is InChI=1S/C21H25N2O2/c24-21(20-10-5-15-25-20)23-13-11-22(12-14-23)19-9-4-8-18(16-19)17-6-2-1-3-7-17/h5,8-10,15-17H,1-3,6-7,11-14H2. The minimum Gasteiger partial charge on any atom is -0.459 e. The van der Waals surface area contributed by atoms with Crippen molar-refractivity contribution in [1.82, 2.24) is 4.90 Å². The fourth-order valence-electron chi connectivity index (χ4n) is 4.06. The highest BCUT2D eigenvalue weighted by atomic mass is 16.3. The van der Waals surface area contributed by atoms with Crippen LogP contribution in [-0.4, -0.2) is 37.0 Å². The van der Waals surface area contributed by atoms with Gasteiger partial charge in [0.15, 0.2) is 5.76 Å². The summed E-state index contributed by atoms with van der Waals surface area (Å²) in [6.07, 6.45) is 8.25. The average molecular weight is 337 g/mol. The Labute approximate surface area is 149 Å². The van der Waals surface area contributed by atoms with E-state index >= 15 is 0 Å². The van der Waals surface area contributed by atoms with Crippen LogP contribution in [0.15, 0.2) is 41.0 Å². The minimum atomic E-state index is -0.00725. The highest BCUT2D eigenvalue weighted by Crippen LogP contribution is 2.34. The van der Waals surface area contributed by atoms with Gasteiger partial charge in [0, 0.05) is 31.9 Å². The van der Waals surface area contributed by atoms with Crippen molar-refractivity contribution in [1.29, 1.82) is 0 Å². The zero-order chi connectivity index (χ0) is 17.1. The zero-order valence-corrected chi connectivity index (χ0v) is 14.6. The van der Waals surface area contributed by atoms with Crippen LogP contribution in [0.2, 0.25) is 0 Å². The third-order valence-electron chi connectivity index (χ3n) is 5.54. The lowest BCUT2D eigenvalue weighted by molar-refractivity contribution is 0.0714. The molecular weight excluding hydrogens is 312 g/mol. The van der Waals surface area contributed by atoms with E-state index in [0.717, 1.165) is 26.2 Å².